The average molecular weight is 352 g/mol. The molecule has 0 spiro atoms. The van der Waals surface area contributed by atoms with Gasteiger partial charge < -0.3 is 16.0 Å². The lowest BCUT2D eigenvalue weighted by Gasteiger charge is -2.32. The van der Waals surface area contributed by atoms with E-state index in [9.17, 15) is 4.79 Å². The second-order valence-corrected chi connectivity index (χ2v) is 7.40. The normalized spacial score (nSPS) is 24.8. The van der Waals surface area contributed by atoms with Crippen molar-refractivity contribution < 1.29 is 4.79 Å². The number of hydrogen-bond donors (Lipinski definition) is 3. The molecular formula is C19H37N5O. The van der Waals surface area contributed by atoms with Crippen LogP contribution in [0.5, 0.6) is 0 Å². The second kappa shape index (κ2) is 10.6. The minimum absolute atomic E-state index is 0.152. The molecule has 1 aliphatic heterocycles. The molecule has 2 aliphatic rings. The van der Waals surface area contributed by atoms with Gasteiger partial charge in [0.25, 0.3) is 0 Å². The lowest BCUT2D eigenvalue weighted by molar-refractivity contribution is -0.122. The van der Waals surface area contributed by atoms with Crippen molar-refractivity contribution in [3.63, 3.8) is 0 Å². The molecule has 2 atom stereocenters. The van der Waals surface area contributed by atoms with Gasteiger partial charge in [-0.15, -0.1) is 0 Å². The van der Waals surface area contributed by atoms with Crippen LogP contribution < -0.4 is 16.0 Å². The lowest BCUT2D eigenvalue weighted by atomic mass is 10.1. The summed E-state index contributed by atoms with van der Waals surface area (Å²) >= 11 is 0. The van der Waals surface area contributed by atoms with Gasteiger partial charge in [-0.05, 0) is 44.9 Å². The van der Waals surface area contributed by atoms with E-state index in [1.54, 1.807) is 0 Å². The minimum Gasteiger partial charge on any atom is -0.355 e. The molecular weight excluding hydrogens is 314 g/mol. The number of nitrogens with zero attached hydrogens (tertiary/aromatic N) is 2. The van der Waals surface area contributed by atoms with Crippen molar-refractivity contribution in [2.75, 3.05) is 32.7 Å². The summed E-state index contributed by atoms with van der Waals surface area (Å²) in [6, 6.07) is 1.07. The molecule has 0 bridgehead atoms. The number of hydrogen-bond acceptors (Lipinski definition) is 3. The number of guanidine groups is 1. The van der Waals surface area contributed by atoms with Crippen molar-refractivity contribution in [3.05, 3.63) is 0 Å². The summed E-state index contributed by atoms with van der Waals surface area (Å²) in [7, 11) is 0. The maximum atomic E-state index is 11.8. The highest BCUT2D eigenvalue weighted by molar-refractivity contribution is 5.81. The summed E-state index contributed by atoms with van der Waals surface area (Å²) in [6.45, 7) is 10.5. The monoisotopic (exact) mass is 351 g/mol. The summed E-state index contributed by atoms with van der Waals surface area (Å²) in [5, 5.41) is 10.2. The maximum absolute atomic E-state index is 11.8. The molecule has 1 heterocycles. The molecule has 1 saturated heterocycles. The van der Waals surface area contributed by atoms with Gasteiger partial charge in [0, 0.05) is 38.3 Å². The minimum atomic E-state index is 0.152. The number of carbonyl (C=O) groups is 1. The standard InChI is InChI=1S/C19H37N5O/c1-4-7-15-13-17(15)23-19(20-6-3)22-16-8-11-24(12-9-16)14-18(25)21-10-5-2/h15-17H,4-14H2,1-3H3,(H,21,25)(H2,20,22,23). The molecule has 0 aromatic rings. The van der Waals surface area contributed by atoms with Crippen LogP contribution in [0.3, 0.4) is 0 Å². The van der Waals surface area contributed by atoms with E-state index < -0.39 is 0 Å². The van der Waals surface area contributed by atoms with Crippen molar-refractivity contribution in [3.8, 4) is 0 Å². The van der Waals surface area contributed by atoms with E-state index in [1.165, 1.54) is 19.3 Å². The van der Waals surface area contributed by atoms with Crippen molar-refractivity contribution >= 4 is 11.9 Å². The van der Waals surface area contributed by atoms with Crippen LogP contribution in [0, 0.1) is 5.92 Å². The molecule has 2 fully saturated rings. The Hall–Kier alpha value is -1.30. The third-order valence-electron chi connectivity index (χ3n) is 5.09. The number of rotatable bonds is 9. The van der Waals surface area contributed by atoms with Gasteiger partial charge in [0.2, 0.25) is 5.91 Å². The van der Waals surface area contributed by atoms with Gasteiger partial charge in [-0.3, -0.25) is 14.7 Å². The highest BCUT2D eigenvalue weighted by Crippen LogP contribution is 2.34. The first-order chi connectivity index (χ1) is 12.2. The fraction of sp³-hybridized carbons (Fsp3) is 0.895. The van der Waals surface area contributed by atoms with Crippen LogP contribution in [0.4, 0.5) is 0 Å². The third kappa shape index (κ3) is 7.22. The van der Waals surface area contributed by atoms with E-state index in [-0.39, 0.29) is 5.91 Å². The Balaban J connectivity index is 1.68. The molecule has 1 amide bonds. The molecule has 1 aliphatic carbocycles. The van der Waals surface area contributed by atoms with Crippen LogP contribution in [0.1, 0.15) is 59.3 Å². The van der Waals surface area contributed by atoms with Gasteiger partial charge in [0.05, 0.1) is 6.54 Å². The topological polar surface area (TPSA) is 68.8 Å². The van der Waals surface area contributed by atoms with Crippen LogP contribution in [-0.2, 0) is 4.79 Å². The van der Waals surface area contributed by atoms with Gasteiger partial charge >= 0.3 is 0 Å². The Morgan fingerprint density at radius 2 is 1.88 bits per heavy atom. The zero-order chi connectivity index (χ0) is 18.1. The van der Waals surface area contributed by atoms with Gasteiger partial charge in [-0.25, -0.2) is 0 Å². The Bertz CT molecular complexity index is 432. The number of carbonyl (C=O) groups excluding carboxylic acids is 1. The van der Waals surface area contributed by atoms with Gasteiger partial charge in [-0.2, -0.15) is 0 Å². The molecule has 2 rings (SSSR count). The van der Waals surface area contributed by atoms with Crippen LogP contribution >= 0.6 is 0 Å². The molecule has 25 heavy (non-hydrogen) atoms. The molecule has 0 aromatic heterocycles. The summed E-state index contributed by atoms with van der Waals surface area (Å²) in [4.78, 5) is 18.7. The Labute approximate surface area is 153 Å². The van der Waals surface area contributed by atoms with E-state index in [0.29, 0.717) is 18.6 Å². The SMILES string of the molecule is CCCNC(=O)CN1CCC(NC(=NCC)NC2CC2CCC)CC1. The first-order valence-electron chi connectivity index (χ1n) is 10.2. The number of amides is 1. The molecule has 6 heteroatoms. The highest BCUT2D eigenvalue weighted by Gasteiger charge is 2.37. The van der Waals surface area contributed by atoms with Crippen LogP contribution in [-0.4, -0.2) is 61.6 Å². The molecule has 0 radical (unpaired) electrons. The van der Waals surface area contributed by atoms with Gasteiger partial charge in [-0.1, -0.05) is 20.3 Å². The Kier molecular flexibility index (Phi) is 8.52. The van der Waals surface area contributed by atoms with Crippen molar-refractivity contribution in [2.45, 2.75) is 71.4 Å². The molecule has 0 aromatic carbocycles. The average Bonchev–Trinajstić information content (AvgIpc) is 3.33. The Morgan fingerprint density at radius 3 is 2.52 bits per heavy atom. The highest BCUT2D eigenvalue weighted by atomic mass is 16.2. The molecule has 3 N–H and O–H groups in total. The zero-order valence-corrected chi connectivity index (χ0v) is 16.3. The van der Waals surface area contributed by atoms with Crippen LogP contribution in [0.15, 0.2) is 4.99 Å². The van der Waals surface area contributed by atoms with E-state index in [4.69, 9.17) is 0 Å². The van der Waals surface area contributed by atoms with Crippen molar-refractivity contribution in [1.82, 2.24) is 20.9 Å². The lowest BCUT2D eigenvalue weighted by Crippen LogP contribution is -2.50. The van der Waals surface area contributed by atoms with E-state index >= 15 is 0 Å². The van der Waals surface area contributed by atoms with E-state index in [2.05, 4.69) is 46.6 Å². The smallest absolute Gasteiger partial charge is 0.234 e. The summed E-state index contributed by atoms with van der Waals surface area (Å²) in [5.74, 6) is 1.96. The third-order valence-corrected chi connectivity index (χ3v) is 5.09. The summed E-state index contributed by atoms with van der Waals surface area (Å²) < 4.78 is 0. The predicted octanol–water partition coefficient (Wildman–Crippen LogP) is 1.72. The molecule has 1 saturated carbocycles. The Morgan fingerprint density at radius 1 is 1.12 bits per heavy atom. The van der Waals surface area contributed by atoms with Crippen molar-refractivity contribution in [2.24, 2.45) is 10.9 Å². The fourth-order valence-electron chi connectivity index (χ4n) is 3.53. The first kappa shape index (κ1) is 20.0. The number of likely N-dealkylation sites (tertiary alicyclic amines) is 1. The first-order valence-corrected chi connectivity index (χ1v) is 10.2. The summed E-state index contributed by atoms with van der Waals surface area (Å²) in [5.41, 5.74) is 0. The van der Waals surface area contributed by atoms with Crippen LogP contribution in [0.25, 0.3) is 0 Å². The molecule has 144 valence electrons. The van der Waals surface area contributed by atoms with Gasteiger partial charge in [0.1, 0.15) is 0 Å². The number of piperidine rings is 1. The number of nitrogens with one attached hydrogen (secondary N) is 3. The maximum Gasteiger partial charge on any atom is 0.234 e. The predicted molar refractivity (Wildman–Crippen MR) is 104 cm³/mol. The quantitative estimate of drug-likeness (QED) is 0.437. The largest absolute Gasteiger partial charge is 0.355 e. The molecule has 2 unspecified atom stereocenters. The van der Waals surface area contributed by atoms with E-state index in [0.717, 1.165) is 57.3 Å². The van der Waals surface area contributed by atoms with Crippen LogP contribution in [0.2, 0.25) is 0 Å². The number of aliphatic imine (C=N–C) groups is 1. The summed E-state index contributed by atoms with van der Waals surface area (Å²) in [6.07, 6.45) is 6.98. The zero-order valence-electron chi connectivity index (χ0n) is 16.3. The fourth-order valence-corrected chi connectivity index (χ4v) is 3.53. The second-order valence-electron chi connectivity index (χ2n) is 7.40. The van der Waals surface area contributed by atoms with Crippen molar-refractivity contribution in [1.29, 1.82) is 0 Å². The van der Waals surface area contributed by atoms with Gasteiger partial charge in [0.15, 0.2) is 5.96 Å². The van der Waals surface area contributed by atoms with E-state index in [1.807, 2.05) is 0 Å². The molecule has 6 nitrogen and oxygen atoms in total.